The number of benzene rings is 2. The van der Waals surface area contributed by atoms with Crippen molar-refractivity contribution in [1.82, 2.24) is 4.98 Å². The first-order valence-electron chi connectivity index (χ1n) is 7.22. The molecule has 0 atom stereocenters. The minimum Gasteiger partial charge on any atom is -0.397 e. The molecule has 3 N–H and O–H groups in total. The highest BCUT2D eigenvalue weighted by Gasteiger charge is 2.11. The van der Waals surface area contributed by atoms with Crippen LogP contribution in [0.5, 0.6) is 0 Å². The van der Waals surface area contributed by atoms with E-state index in [0.717, 1.165) is 22.4 Å². The van der Waals surface area contributed by atoms with E-state index in [1.54, 1.807) is 12.3 Å². The van der Waals surface area contributed by atoms with Crippen molar-refractivity contribution in [3.8, 4) is 6.07 Å². The maximum Gasteiger partial charge on any atom is 0.103 e. The van der Waals surface area contributed by atoms with Gasteiger partial charge in [0.25, 0.3) is 0 Å². The summed E-state index contributed by atoms with van der Waals surface area (Å²) in [5.41, 5.74) is 10.5. The summed E-state index contributed by atoms with van der Waals surface area (Å²) in [6, 6.07) is 15.8. The maximum absolute atomic E-state index is 9.37. The Kier molecular flexibility index (Phi) is 3.73. The third-order valence-corrected chi connectivity index (χ3v) is 3.70. The molecule has 0 saturated carbocycles. The predicted molar refractivity (Wildman–Crippen MR) is 94.9 cm³/mol. The van der Waals surface area contributed by atoms with Gasteiger partial charge in [0.2, 0.25) is 0 Å². The fourth-order valence-electron chi connectivity index (χ4n) is 2.45. The van der Waals surface area contributed by atoms with Gasteiger partial charge in [0.15, 0.2) is 0 Å². The Morgan fingerprint density at radius 3 is 2.52 bits per heavy atom. The summed E-state index contributed by atoms with van der Waals surface area (Å²) in [6.45, 7) is 0. The van der Waals surface area contributed by atoms with Gasteiger partial charge < -0.3 is 16.0 Å². The van der Waals surface area contributed by atoms with Crippen LogP contribution in [0.15, 0.2) is 48.7 Å². The standard InChI is InChI=1S/C18H17N5/c1-23(2)14-8-6-13(7-9-14)22-17-12(10-19)11-21-18-15(17)4-3-5-16(18)20/h3-9,11H,20H2,1-2H3,(H,21,22). The summed E-state index contributed by atoms with van der Waals surface area (Å²) < 4.78 is 0. The topological polar surface area (TPSA) is 78.0 Å². The zero-order valence-electron chi connectivity index (χ0n) is 13.0. The van der Waals surface area contributed by atoms with Crippen molar-refractivity contribution in [2.45, 2.75) is 0 Å². The molecule has 0 fully saturated rings. The molecule has 0 aliphatic rings. The largest absolute Gasteiger partial charge is 0.397 e. The SMILES string of the molecule is CN(C)c1ccc(Nc2c(C#N)cnc3c(N)cccc23)cc1. The van der Waals surface area contributed by atoms with E-state index in [0.29, 0.717) is 16.8 Å². The van der Waals surface area contributed by atoms with Gasteiger partial charge in [-0.3, -0.25) is 4.98 Å². The smallest absolute Gasteiger partial charge is 0.103 e. The van der Waals surface area contributed by atoms with Gasteiger partial charge in [0.05, 0.1) is 22.5 Å². The maximum atomic E-state index is 9.37. The zero-order valence-corrected chi connectivity index (χ0v) is 13.0. The summed E-state index contributed by atoms with van der Waals surface area (Å²) in [4.78, 5) is 6.33. The Morgan fingerprint density at radius 2 is 1.87 bits per heavy atom. The van der Waals surface area contributed by atoms with Crippen LogP contribution in [0, 0.1) is 11.3 Å². The van der Waals surface area contributed by atoms with E-state index in [2.05, 4.69) is 16.4 Å². The second-order valence-corrected chi connectivity index (χ2v) is 5.47. The van der Waals surface area contributed by atoms with E-state index in [4.69, 9.17) is 5.73 Å². The molecule has 2 aromatic carbocycles. The number of para-hydroxylation sites is 1. The van der Waals surface area contributed by atoms with Gasteiger partial charge in [-0.2, -0.15) is 5.26 Å². The van der Waals surface area contributed by atoms with Crippen LogP contribution in [0.25, 0.3) is 10.9 Å². The Labute approximate surface area is 135 Å². The van der Waals surface area contributed by atoms with Crippen molar-refractivity contribution >= 4 is 33.7 Å². The van der Waals surface area contributed by atoms with Gasteiger partial charge >= 0.3 is 0 Å². The number of nitriles is 1. The number of hydrogen-bond acceptors (Lipinski definition) is 5. The number of rotatable bonds is 3. The molecule has 23 heavy (non-hydrogen) atoms. The number of fused-ring (bicyclic) bond motifs is 1. The van der Waals surface area contributed by atoms with Crippen LogP contribution in [0.3, 0.4) is 0 Å². The second-order valence-electron chi connectivity index (χ2n) is 5.47. The summed E-state index contributed by atoms with van der Waals surface area (Å²) in [5, 5.41) is 13.5. The van der Waals surface area contributed by atoms with Crippen LogP contribution in [-0.2, 0) is 0 Å². The average molecular weight is 303 g/mol. The molecule has 3 rings (SSSR count). The third-order valence-electron chi connectivity index (χ3n) is 3.70. The van der Waals surface area contributed by atoms with Gasteiger partial charge in [-0.15, -0.1) is 0 Å². The van der Waals surface area contributed by atoms with Gasteiger partial charge in [-0.25, -0.2) is 0 Å². The Morgan fingerprint density at radius 1 is 1.13 bits per heavy atom. The molecule has 0 unspecified atom stereocenters. The van der Waals surface area contributed by atoms with Crippen molar-refractivity contribution in [2.75, 3.05) is 30.0 Å². The number of pyridine rings is 1. The van der Waals surface area contributed by atoms with Crippen LogP contribution in [0.4, 0.5) is 22.7 Å². The summed E-state index contributed by atoms with van der Waals surface area (Å²) in [5.74, 6) is 0. The number of hydrogen-bond donors (Lipinski definition) is 2. The van der Waals surface area contributed by atoms with E-state index >= 15 is 0 Å². The lowest BCUT2D eigenvalue weighted by Crippen LogP contribution is -2.08. The number of nitrogen functional groups attached to an aromatic ring is 1. The van der Waals surface area contributed by atoms with Crippen molar-refractivity contribution in [2.24, 2.45) is 0 Å². The third kappa shape index (κ3) is 2.74. The predicted octanol–water partition coefficient (Wildman–Crippen LogP) is 3.50. The zero-order chi connectivity index (χ0) is 16.4. The van der Waals surface area contributed by atoms with Crippen LogP contribution in [0.2, 0.25) is 0 Å². The van der Waals surface area contributed by atoms with Gasteiger partial charge in [0, 0.05) is 37.1 Å². The lowest BCUT2D eigenvalue weighted by Gasteiger charge is -2.15. The van der Waals surface area contributed by atoms with Crippen LogP contribution in [-0.4, -0.2) is 19.1 Å². The first-order chi connectivity index (χ1) is 11.1. The molecular weight excluding hydrogens is 286 g/mol. The van der Waals surface area contributed by atoms with E-state index in [9.17, 15) is 5.26 Å². The molecule has 5 nitrogen and oxygen atoms in total. The fraction of sp³-hybridized carbons (Fsp3) is 0.111. The van der Waals surface area contributed by atoms with Crippen molar-refractivity contribution < 1.29 is 0 Å². The molecule has 0 bridgehead atoms. The van der Waals surface area contributed by atoms with E-state index in [-0.39, 0.29) is 0 Å². The normalized spacial score (nSPS) is 10.3. The quantitative estimate of drug-likeness (QED) is 0.724. The molecule has 0 amide bonds. The Balaban J connectivity index is 2.08. The van der Waals surface area contributed by atoms with Crippen molar-refractivity contribution in [1.29, 1.82) is 5.26 Å². The lowest BCUT2D eigenvalue weighted by atomic mass is 10.1. The van der Waals surface area contributed by atoms with E-state index < -0.39 is 0 Å². The van der Waals surface area contributed by atoms with Crippen LogP contribution in [0.1, 0.15) is 5.56 Å². The van der Waals surface area contributed by atoms with Crippen molar-refractivity contribution in [3.05, 3.63) is 54.2 Å². The molecule has 0 aliphatic carbocycles. The number of nitrogens with two attached hydrogens (primary N) is 1. The number of nitrogens with zero attached hydrogens (tertiary/aromatic N) is 3. The molecule has 0 aliphatic heterocycles. The number of aromatic nitrogens is 1. The van der Waals surface area contributed by atoms with E-state index in [1.807, 2.05) is 55.4 Å². The minimum absolute atomic E-state index is 0.486. The number of nitrogens with one attached hydrogen (secondary N) is 1. The molecular formula is C18H17N5. The summed E-state index contributed by atoms with van der Waals surface area (Å²) >= 11 is 0. The molecule has 0 saturated heterocycles. The van der Waals surface area contributed by atoms with Crippen LogP contribution < -0.4 is 16.0 Å². The first-order valence-corrected chi connectivity index (χ1v) is 7.22. The molecule has 1 heterocycles. The highest BCUT2D eigenvalue weighted by Crippen LogP contribution is 2.31. The monoisotopic (exact) mass is 303 g/mol. The second kappa shape index (κ2) is 5.85. The summed E-state index contributed by atoms with van der Waals surface area (Å²) in [7, 11) is 3.99. The molecule has 0 spiro atoms. The van der Waals surface area contributed by atoms with Gasteiger partial charge in [-0.05, 0) is 30.3 Å². The van der Waals surface area contributed by atoms with Gasteiger partial charge in [0.1, 0.15) is 6.07 Å². The van der Waals surface area contributed by atoms with Crippen LogP contribution >= 0.6 is 0 Å². The molecule has 1 aromatic heterocycles. The molecule has 3 aromatic rings. The van der Waals surface area contributed by atoms with Gasteiger partial charge in [-0.1, -0.05) is 12.1 Å². The van der Waals surface area contributed by atoms with E-state index in [1.165, 1.54) is 0 Å². The molecule has 114 valence electrons. The number of anilines is 4. The molecule has 5 heteroatoms. The Hall–Kier alpha value is -3.26. The highest BCUT2D eigenvalue weighted by molar-refractivity contribution is 6.00. The highest BCUT2D eigenvalue weighted by atomic mass is 15.1. The Bertz CT molecular complexity index is 892. The summed E-state index contributed by atoms with van der Waals surface area (Å²) in [6.07, 6.45) is 1.55. The minimum atomic E-state index is 0.486. The fourth-order valence-corrected chi connectivity index (χ4v) is 2.45. The lowest BCUT2D eigenvalue weighted by molar-refractivity contribution is 1.13. The average Bonchev–Trinajstić information content (AvgIpc) is 2.56. The molecule has 0 radical (unpaired) electrons. The first kappa shape index (κ1) is 14.7. The van der Waals surface area contributed by atoms with Crippen molar-refractivity contribution in [3.63, 3.8) is 0 Å².